The second kappa shape index (κ2) is 9.09. The molecule has 0 aromatic heterocycles. The Bertz CT molecular complexity index is 898. The first-order valence-electron chi connectivity index (χ1n) is 8.11. The summed E-state index contributed by atoms with van der Waals surface area (Å²) >= 11 is 0. The highest BCUT2D eigenvalue weighted by atomic mass is 32.2. The lowest BCUT2D eigenvalue weighted by Crippen LogP contribution is -2.41. The zero-order valence-electron chi connectivity index (χ0n) is 15.2. The maximum atomic E-state index is 13.1. The average Bonchev–Trinajstić information content (AvgIpc) is 2.70. The Morgan fingerprint density at radius 3 is 2.37 bits per heavy atom. The molecule has 2 aromatic rings. The van der Waals surface area contributed by atoms with Gasteiger partial charge >= 0.3 is 0 Å². The van der Waals surface area contributed by atoms with Crippen molar-refractivity contribution in [2.75, 3.05) is 31.6 Å². The Balaban J connectivity index is 2.50. The quantitative estimate of drug-likeness (QED) is 0.664. The minimum atomic E-state index is -3.97. The number of ether oxygens (including phenoxy) is 2. The number of carbonyl (C=O) groups excluding carboxylic acids is 1. The van der Waals surface area contributed by atoms with Gasteiger partial charge in [-0.05, 0) is 24.3 Å². The molecule has 0 atom stereocenters. The smallest absolute Gasteiger partial charge is 0.264 e. The fourth-order valence-electron chi connectivity index (χ4n) is 2.39. The number of carbonyl (C=O) groups is 1. The monoisotopic (exact) mass is 390 g/mol. The van der Waals surface area contributed by atoms with Gasteiger partial charge in [-0.3, -0.25) is 9.10 Å². The number of rotatable bonds is 9. The van der Waals surface area contributed by atoms with Crippen LogP contribution in [0.3, 0.4) is 0 Å². The molecular formula is C19H22N2O5S. The fraction of sp³-hybridized carbons (Fsp3) is 0.211. The lowest BCUT2D eigenvalue weighted by molar-refractivity contribution is -0.119. The molecule has 0 aliphatic carbocycles. The van der Waals surface area contributed by atoms with E-state index in [2.05, 4.69) is 11.9 Å². The van der Waals surface area contributed by atoms with Gasteiger partial charge < -0.3 is 14.8 Å². The highest BCUT2D eigenvalue weighted by Crippen LogP contribution is 2.33. The normalized spacial score (nSPS) is 10.7. The van der Waals surface area contributed by atoms with E-state index in [1.165, 1.54) is 38.5 Å². The van der Waals surface area contributed by atoms with E-state index in [-0.39, 0.29) is 23.7 Å². The second-order valence-electron chi connectivity index (χ2n) is 5.46. The van der Waals surface area contributed by atoms with Gasteiger partial charge in [0.15, 0.2) is 11.5 Å². The van der Waals surface area contributed by atoms with Crippen molar-refractivity contribution in [1.82, 2.24) is 5.32 Å². The Labute approximate surface area is 159 Å². The highest BCUT2D eigenvalue weighted by molar-refractivity contribution is 7.92. The van der Waals surface area contributed by atoms with Gasteiger partial charge in [-0.2, -0.15) is 0 Å². The molecule has 0 saturated heterocycles. The SMILES string of the molecule is C=CCNC(=O)CN(c1ccc(OC)c(OC)c1)S(=O)(=O)c1ccccc1. The fourth-order valence-corrected chi connectivity index (χ4v) is 3.82. The molecular weight excluding hydrogens is 368 g/mol. The minimum absolute atomic E-state index is 0.0799. The third-order valence-electron chi connectivity index (χ3n) is 3.72. The molecule has 0 radical (unpaired) electrons. The van der Waals surface area contributed by atoms with Crippen LogP contribution in [0.4, 0.5) is 5.69 Å². The Morgan fingerprint density at radius 1 is 1.11 bits per heavy atom. The zero-order valence-corrected chi connectivity index (χ0v) is 16.0. The lowest BCUT2D eigenvalue weighted by Gasteiger charge is -2.24. The number of nitrogens with one attached hydrogen (secondary N) is 1. The molecule has 2 rings (SSSR count). The molecule has 0 saturated carbocycles. The van der Waals surface area contributed by atoms with Crippen molar-refractivity contribution in [1.29, 1.82) is 0 Å². The molecule has 0 bridgehead atoms. The predicted molar refractivity (Wildman–Crippen MR) is 104 cm³/mol. The summed E-state index contributed by atoms with van der Waals surface area (Å²) in [6.45, 7) is 3.38. The van der Waals surface area contributed by atoms with Gasteiger partial charge in [0.25, 0.3) is 10.0 Å². The predicted octanol–water partition coefficient (Wildman–Crippen LogP) is 2.20. The minimum Gasteiger partial charge on any atom is -0.493 e. The molecule has 1 amide bonds. The van der Waals surface area contributed by atoms with Crippen LogP contribution in [0.5, 0.6) is 11.5 Å². The summed E-state index contributed by atoms with van der Waals surface area (Å²) in [5.74, 6) is 0.355. The zero-order chi connectivity index (χ0) is 19.9. The molecule has 0 aliphatic rings. The van der Waals surface area contributed by atoms with Crippen molar-refractivity contribution in [2.24, 2.45) is 0 Å². The molecule has 27 heavy (non-hydrogen) atoms. The van der Waals surface area contributed by atoms with E-state index in [0.717, 1.165) is 4.31 Å². The van der Waals surface area contributed by atoms with E-state index in [1.54, 1.807) is 30.3 Å². The number of hydrogen-bond donors (Lipinski definition) is 1. The van der Waals surface area contributed by atoms with Gasteiger partial charge in [-0.15, -0.1) is 6.58 Å². The third kappa shape index (κ3) is 4.79. The van der Waals surface area contributed by atoms with E-state index in [0.29, 0.717) is 11.5 Å². The van der Waals surface area contributed by atoms with Crippen molar-refractivity contribution >= 4 is 21.6 Å². The molecule has 0 unspecified atom stereocenters. The largest absolute Gasteiger partial charge is 0.493 e. The first-order valence-corrected chi connectivity index (χ1v) is 9.55. The standard InChI is InChI=1S/C19H22N2O5S/c1-4-12-20-19(22)14-21(27(23,24)16-8-6-5-7-9-16)15-10-11-17(25-2)18(13-15)26-3/h4-11,13H,1,12,14H2,2-3H3,(H,20,22). The molecule has 0 fully saturated rings. The number of sulfonamides is 1. The summed E-state index contributed by atoms with van der Waals surface area (Å²) in [5.41, 5.74) is 0.283. The maximum Gasteiger partial charge on any atom is 0.264 e. The number of benzene rings is 2. The number of hydrogen-bond acceptors (Lipinski definition) is 5. The number of nitrogens with zero attached hydrogens (tertiary/aromatic N) is 1. The molecule has 2 aromatic carbocycles. The molecule has 1 N–H and O–H groups in total. The van der Waals surface area contributed by atoms with Crippen LogP contribution < -0.4 is 19.1 Å². The van der Waals surface area contributed by atoms with E-state index >= 15 is 0 Å². The summed E-state index contributed by atoms with van der Waals surface area (Å²) in [6.07, 6.45) is 1.52. The van der Waals surface area contributed by atoms with E-state index in [4.69, 9.17) is 9.47 Å². The van der Waals surface area contributed by atoms with E-state index in [9.17, 15) is 13.2 Å². The van der Waals surface area contributed by atoms with Gasteiger partial charge in [0.1, 0.15) is 6.54 Å². The number of methoxy groups -OCH3 is 2. The first-order chi connectivity index (χ1) is 12.9. The number of anilines is 1. The second-order valence-corrected chi connectivity index (χ2v) is 7.32. The molecule has 0 heterocycles. The van der Waals surface area contributed by atoms with Crippen molar-refractivity contribution in [3.8, 4) is 11.5 Å². The van der Waals surface area contributed by atoms with Crippen LogP contribution in [0.25, 0.3) is 0 Å². The molecule has 0 aliphatic heterocycles. The van der Waals surface area contributed by atoms with Crippen molar-refractivity contribution in [2.45, 2.75) is 4.90 Å². The van der Waals surface area contributed by atoms with Crippen molar-refractivity contribution in [3.63, 3.8) is 0 Å². The summed E-state index contributed by atoms with van der Waals surface area (Å²) < 4.78 is 37.8. The molecule has 8 heteroatoms. The Hall–Kier alpha value is -3.00. The van der Waals surface area contributed by atoms with Crippen LogP contribution in [0.1, 0.15) is 0 Å². The molecule has 7 nitrogen and oxygen atoms in total. The third-order valence-corrected chi connectivity index (χ3v) is 5.51. The summed E-state index contributed by atoms with van der Waals surface area (Å²) in [7, 11) is -1.03. The van der Waals surface area contributed by atoms with Crippen LogP contribution in [0.2, 0.25) is 0 Å². The van der Waals surface area contributed by atoms with Gasteiger partial charge in [0, 0.05) is 12.6 Å². The Kier molecular flexibility index (Phi) is 6.84. The highest BCUT2D eigenvalue weighted by Gasteiger charge is 2.27. The van der Waals surface area contributed by atoms with Crippen molar-refractivity contribution < 1.29 is 22.7 Å². The van der Waals surface area contributed by atoms with Crippen molar-refractivity contribution in [3.05, 3.63) is 61.2 Å². The molecule has 0 spiro atoms. The maximum absolute atomic E-state index is 13.1. The van der Waals surface area contributed by atoms with Crippen LogP contribution in [0.15, 0.2) is 66.1 Å². The Morgan fingerprint density at radius 2 is 1.78 bits per heavy atom. The summed E-state index contributed by atoms with van der Waals surface area (Å²) in [5, 5.41) is 2.59. The van der Waals surface area contributed by atoms with E-state index in [1.807, 2.05) is 0 Å². The van der Waals surface area contributed by atoms with Gasteiger partial charge in [-0.1, -0.05) is 24.3 Å². The van der Waals surface area contributed by atoms with Crippen LogP contribution in [-0.4, -0.2) is 41.6 Å². The van der Waals surface area contributed by atoms with Crippen LogP contribution >= 0.6 is 0 Å². The van der Waals surface area contributed by atoms with Gasteiger partial charge in [0.2, 0.25) is 5.91 Å². The topological polar surface area (TPSA) is 84.9 Å². The first kappa shape index (κ1) is 20.3. The van der Waals surface area contributed by atoms with Gasteiger partial charge in [0.05, 0.1) is 24.8 Å². The lowest BCUT2D eigenvalue weighted by atomic mass is 10.2. The molecule has 144 valence electrons. The average molecular weight is 390 g/mol. The van der Waals surface area contributed by atoms with E-state index < -0.39 is 15.9 Å². The summed E-state index contributed by atoms with van der Waals surface area (Å²) in [6, 6.07) is 12.6. The summed E-state index contributed by atoms with van der Waals surface area (Å²) in [4.78, 5) is 12.3. The van der Waals surface area contributed by atoms with Crippen LogP contribution in [0, 0.1) is 0 Å². The van der Waals surface area contributed by atoms with Gasteiger partial charge in [-0.25, -0.2) is 8.42 Å². The van der Waals surface area contributed by atoms with Crippen LogP contribution in [-0.2, 0) is 14.8 Å². The number of amides is 1.